The average Bonchev–Trinajstić information content (AvgIpc) is 2.83. The second-order valence-corrected chi connectivity index (χ2v) is 7.46. The summed E-state index contributed by atoms with van der Waals surface area (Å²) >= 11 is 0. The van der Waals surface area contributed by atoms with Crippen molar-refractivity contribution in [2.75, 3.05) is 12.4 Å². The zero-order valence-corrected chi connectivity index (χ0v) is 17.8. The fourth-order valence-corrected chi connectivity index (χ4v) is 3.77. The topological polar surface area (TPSA) is 82.3 Å². The quantitative estimate of drug-likeness (QED) is 0.511. The van der Waals surface area contributed by atoms with Gasteiger partial charge in [-0.3, -0.25) is 14.2 Å². The maximum absolute atomic E-state index is 13.4. The van der Waals surface area contributed by atoms with E-state index in [4.69, 9.17) is 4.74 Å². The minimum atomic E-state index is -1.04. The molecule has 7 heteroatoms. The van der Waals surface area contributed by atoms with E-state index in [1.807, 2.05) is 30.3 Å². The van der Waals surface area contributed by atoms with Crippen molar-refractivity contribution in [1.29, 1.82) is 0 Å². The largest absolute Gasteiger partial charge is 0.497 e. The zero-order chi connectivity index (χ0) is 22.7. The fourth-order valence-electron chi connectivity index (χ4n) is 3.77. The minimum absolute atomic E-state index is 0.185. The van der Waals surface area contributed by atoms with Crippen LogP contribution in [0.1, 0.15) is 11.6 Å². The summed E-state index contributed by atoms with van der Waals surface area (Å²) in [7, 11) is 3.14. The molecule has 4 aromatic rings. The minimum Gasteiger partial charge on any atom is -0.497 e. The molecular formula is C25H23N3O4. The highest BCUT2D eigenvalue weighted by molar-refractivity contribution is 5.94. The Bertz CT molecular complexity index is 1390. The molecule has 1 aromatic heterocycles. The highest BCUT2D eigenvalue weighted by atomic mass is 16.5. The lowest BCUT2D eigenvalue weighted by Crippen LogP contribution is -2.45. The molecule has 0 fully saturated rings. The van der Waals surface area contributed by atoms with Crippen LogP contribution in [0, 0.1) is 0 Å². The van der Waals surface area contributed by atoms with E-state index in [9.17, 15) is 14.4 Å². The number of aryl methyl sites for hydroxylation is 1. The first kappa shape index (κ1) is 21.1. The van der Waals surface area contributed by atoms with Gasteiger partial charge in [-0.15, -0.1) is 0 Å². The Hall–Kier alpha value is -4.13. The van der Waals surface area contributed by atoms with Crippen molar-refractivity contribution >= 4 is 22.5 Å². The van der Waals surface area contributed by atoms with E-state index in [-0.39, 0.29) is 6.42 Å². The van der Waals surface area contributed by atoms with Crippen molar-refractivity contribution in [3.8, 4) is 5.75 Å². The van der Waals surface area contributed by atoms with Gasteiger partial charge in [0.15, 0.2) is 0 Å². The summed E-state index contributed by atoms with van der Waals surface area (Å²) in [6.07, 6.45) is 0.185. The number of ether oxygens (including phenoxy) is 1. The van der Waals surface area contributed by atoms with Crippen LogP contribution in [-0.2, 0) is 18.3 Å². The molecule has 0 saturated heterocycles. The van der Waals surface area contributed by atoms with Gasteiger partial charge in [0, 0.05) is 25.2 Å². The van der Waals surface area contributed by atoms with Gasteiger partial charge in [0.05, 0.1) is 18.0 Å². The summed E-state index contributed by atoms with van der Waals surface area (Å²) in [5, 5.41) is 3.21. The SMILES string of the molecule is COc1cccc(NC(=O)C(Cc2ccccc2)n2c(=O)c3ccccc3n(C)c2=O)c1. The third-order valence-corrected chi connectivity index (χ3v) is 5.43. The Morgan fingerprint density at radius 2 is 1.69 bits per heavy atom. The van der Waals surface area contributed by atoms with Crippen molar-refractivity contribution in [3.05, 3.63) is 105 Å². The third-order valence-electron chi connectivity index (χ3n) is 5.43. The highest BCUT2D eigenvalue weighted by Crippen LogP contribution is 2.20. The maximum Gasteiger partial charge on any atom is 0.331 e. The Labute approximate surface area is 184 Å². The number of carbonyl (C=O) groups excluding carboxylic acids is 1. The number of hydrogen-bond acceptors (Lipinski definition) is 4. The van der Waals surface area contributed by atoms with Crippen LogP contribution in [0.5, 0.6) is 5.75 Å². The molecule has 32 heavy (non-hydrogen) atoms. The summed E-state index contributed by atoms with van der Waals surface area (Å²) < 4.78 is 7.66. The molecule has 0 aliphatic rings. The van der Waals surface area contributed by atoms with Crippen LogP contribution in [0.3, 0.4) is 0 Å². The Morgan fingerprint density at radius 1 is 0.969 bits per heavy atom. The monoisotopic (exact) mass is 429 g/mol. The van der Waals surface area contributed by atoms with Gasteiger partial charge in [0.1, 0.15) is 11.8 Å². The van der Waals surface area contributed by atoms with E-state index in [0.29, 0.717) is 22.3 Å². The van der Waals surface area contributed by atoms with E-state index in [1.165, 1.54) is 11.7 Å². The van der Waals surface area contributed by atoms with E-state index >= 15 is 0 Å². The molecule has 3 aromatic carbocycles. The maximum atomic E-state index is 13.4. The number of amides is 1. The van der Waals surface area contributed by atoms with Crippen LogP contribution in [0.4, 0.5) is 5.69 Å². The second kappa shape index (κ2) is 8.93. The molecule has 1 amide bonds. The molecule has 1 heterocycles. The van der Waals surface area contributed by atoms with Gasteiger partial charge in [-0.2, -0.15) is 0 Å². The van der Waals surface area contributed by atoms with Crippen LogP contribution in [-0.4, -0.2) is 22.2 Å². The lowest BCUT2D eigenvalue weighted by Gasteiger charge is -2.21. The number of nitrogens with one attached hydrogen (secondary N) is 1. The number of benzene rings is 3. The van der Waals surface area contributed by atoms with Crippen molar-refractivity contribution < 1.29 is 9.53 Å². The number of hydrogen-bond donors (Lipinski definition) is 1. The van der Waals surface area contributed by atoms with Crippen molar-refractivity contribution in [3.63, 3.8) is 0 Å². The van der Waals surface area contributed by atoms with Gasteiger partial charge in [-0.25, -0.2) is 9.36 Å². The molecule has 162 valence electrons. The molecule has 0 radical (unpaired) electrons. The number of aromatic nitrogens is 2. The molecule has 0 aliphatic heterocycles. The van der Waals surface area contributed by atoms with Gasteiger partial charge in [-0.05, 0) is 29.8 Å². The predicted molar refractivity (Wildman–Crippen MR) is 124 cm³/mol. The first-order chi connectivity index (χ1) is 15.5. The number of fused-ring (bicyclic) bond motifs is 1. The number of nitrogens with zero attached hydrogens (tertiary/aromatic N) is 2. The summed E-state index contributed by atoms with van der Waals surface area (Å²) in [5.41, 5.74) is 0.824. The van der Waals surface area contributed by atoms with E-state index < -0.39 is 23.2 Å². The number of methoxy groups -OCH3 is 1. The fraction of sp³-hybridized carbons (Fsp3) is 0.160. The predicted octanol–water partition coefficient (Wildman–Crippen LogP) is 3.13. The van der Waals surface area contributed by atoms with E-state index in [2.05, 4.69) is 5.32 Å². The molecule has 1 unspecified atom stereocenters. The molecule has 4 rings (SSSR count). The average molecular weight is 429 g/mol. The lowest BCUT2D eigenvalue weighted by molar-refractivity contribution is -0.119. The Kier molecular flexibility index (Phi) is 5.89. The summed E-state index contributed by atoms with van der Waals surface area (Å²) in [6.45, 7) is 0. The smallest absolute Gasteiger partial charge is 0.331 e. The number of anilines is 1. The molecule has 0 spiro atoms. The molecule has 1 N–H and O–H groups in total. The number of para-hydroxylation sites is 1. The molecule has 0 bridgehead atoms. The van der Waals surface area contributed by atoms with Crippen LogP contribution in [0.15, 0.2) is 88.5 Å². The van der Waals surface area contributed by atoms with Crippen molar-refractivity contribution in [2.24, 2.45) is 7.05 Å². The van der Waals surface area contributed by atoms with Crippen LogP contribution < -0.4 is 21.3 Å². The van der Waals surface area contributed by atoms with E-state index in [1.54, 1.807) is 55.6 Å². The molecule has 1 atom stereocenters. The number of carbonyl (C=O) groups is 1. The van der Waals surface area contributed by atoms with Gasteiger partial charge >= 0.3 is 5.69 Å². The van der Waals surface area contributed by atoms with Gasteiger partial charge in [-0.1, -0.05) is 48.5 Å². The first-order valence-corrected chi connectivity index (χ1v) is 10.2. The zero-order valence-electron chi connectivity index (χ0n) is 17.8. The van der Waals surface area contributed by atoms with Crippen molar-refractivity contribution in [1.82, 2.24) is 9.13 Å². The summed E-state index contributed by atoms with van der Waals surface area (Å²) in [6, 6.07) is 22.1. The standard InChI is InChI=1S/C25H23N3O4/c1-27-21-14-7-6-13-20(21)24(30)28(25(27)31)22(15-17-9-4-3-5-10-17)23(29)26-18-11-8-12-19(16-18)32-2/h3-14,16,22H,15H2,1-2H3,(H,26,29). The lowest BCUT2D eigenvalue weighted by atomic mass is 10.0. The third kappa shape index (κ3) is 4.05. The summed E-state index contributed by atoms with van der Waals surface area (Å²) in [5.74, 6) is 0.123. The molecule has 0 aliphatic carbocycles. The van der Waals surface area contributed by atoms with Gasteiger partial charge in [0.2, 0.25) is 5.91 Å². The Morgan fingerprint density at radius 3 is 2.44 bits per heavy atom. The molecule has 7 nitrogen and oxygen atoms in total. The van der Waals surface area contributed by atoms with Gasteiger partial charge < -0.3 is 10.1 Å². The van der Waals surface area contributed by atoms with Crippen LogP contribution >= 0.6 is 0 Å². The highest BCUT2D eigenvalue weighted by Gasteiger charge is 2.26. The first-order valence-electron chi connectivity index (χ1n) is 10.2. The van der Waals surface area contributed by atoms with Gasteiger partial charge in [0.25, 0.3) is 5.56 Å². The Balaban J connectivity index is 1.84. The number of rotatable bonds is 6. The van der Waals surface area contributed by atoms with E-state index in [0.717, 1.165) is 10.1 Å². The summed E-state index contributed by atoms with van der Waals surface area (Å²) in [4.78, 5) is 40.0. The van der Waals surface area contributed by atoms with Crippen LogP contribution in [0.25, 0.3) is 10.9 Å². The normalized spacial score (nSPS) is 11.8. The molecule has 0 saturated carbocycles. The second-order valence-electron chi connectivity index (χ2n) is 7.46. The molecular weight excluding hydrogens is 406 g/mol. The van der Waals surface area contributed by atoms with Crippen LogP contribution in [0.2, 0.25) is 0 Å². The van der Waals surface area contributed by atoms with Crippen molar-refractivity contribution in [2.45, 2.75) is 12.5 Å².